The van der Waals surface area contributed by atoms with Gasteiger partial charge in [-0.05, 0) is 37.4 Å². The number of aromatic nitrogens is 2. The number of carbonyl (C=O) groups excluding carboxylic acids is 3. The number of hydrogen-bond donors (Lipinski definition) is 1. The van der Waals surface area contributed by atoms with Gasteiger partial charge in [0.25, 0.3) is 5.91 Å². The lowest BCUT2D eigenvalue weighted by Crippen LogP contribution is -2.34. The van der Waals surface area contributed by atoms with Gasteiger partial charge < -0.3 is 15.0 Å². The number of hydrogen-bond acceptors (Lipinski definition) is 8. The Kier molecular flexibility index (Phi) is 5.33. The molecule has 2 amide bonds. The van der Waals surface area contributed by atoms with E-state index in [1.165, 1.54) is 18.3 Å². The number of esters is 1. The van der Waals surface area contributed by atoms with Crippen LogP contribution in [0.1, 0.15) is 50.0 Å². The molecule has 0 aliphatic carbocycles. The highest BCUT2D eigenvalue weighted by Crippen LogP contribution is 2.38. The Balaban J connectivity index is 1.96. The van der Waals surface area contributed by atoms with Crippen molar-refractivity contribution in [3.05, 3.63) is 26.6 Å². The van der Waals surface area contributed by atoms with Crippen molar-refractivity contribution >= 4 is 45.7 Å². The Morgan fingerprint density at radius 1 is 1.35 bits per heavy atom. The first-order chi connectivity index (χ1) is 12.4. The first-order valence-electron chi connectivity index (χ1n) is 8.09. The van der Waals surface area contributed by atoms with Gasteiger partial charge in [-0.3, -0.25) is 9.59 Å². The molecule has 0 radical (unpaired) electrons. The van der Waals surface area contributed by atoms with Gasteiger partial charge in [0.2, 0.25) is 5.91 Å². The molecular weight excluding hydrogens is 376 g/mol. The fourth-order valence-corrected chi connectivity index (χ4v) is 4.58. The van der Waals surface area contributed by atoms with Gasteiger partial charge in [0, 0.05) is 18.3 Å². The average Bonchev–Trinajstić information content (AvgIpc) is 3.17. The second-order valence-corrected chi connectivity index (χ2v) is 7.62. The largest absolute Gasteiger partial charge is 0.462 e. The number of nitrogens with zero attached hydrogens (tertiary/aromatic N) is 3. The van der Waals surface area contributed by atoms with E-state index in [2.05, 4.69) is 14.9 Å². The molecular formula is C16H18N4O4S2. The zero-order valence-corrected chi connectivity index (χ0v) is 16.3. The Bertz CT molecular complexity index is 874. The van der Waals surface area contributed by atoms with Crippen molar-refractivity contribution in [3.63, 3.8) is 0 Å². The van der Waals surface area contributed by atoms with Gasteiger partial charge in [0.05, 0.1) is 24.4 Å². The molecule has 138 valence electrons. The number of nitrogens with one attached hydrogen (secondary N) is 1. The van der Waals surface area contributed by atoms with E-state index in [1.807, 2.05) is 0 Å². The molecule has 0 saturated carbocycles. The summed E-state index contributed by atoms with van der Waals surface area (Å²) in [6.45, 7) is 6.17. The van der Waals surface area contributed by atoms with E-state index in [9.17, 15) is 14.4 Å². The van der Waals surface area contributed by atoms with Crippen LogP contribution in [0.5, 0.6) is 0 Å². The van der Waals surface area contributed by atoms with Crippen molar-refractivity contribution in [3.8, 4) is 0 Å². The van der Waals surface area contributed by atoms with Gasteiger partial charge in [0.1, 0.15) is 9.88 Å². The van der Waals surface area contributed by atoms with Crippen molar-refractivity contribution in [1.29, 1.82) is 0 Å². The number of aryl methyl sites for hydroxylation is 1. The van der Waals surface area contributed by atoms with Gasteiger partial charge in [-0.1, -0.05) is 4.49 Å². The van der Waals surface area contributed by atoms with Gasteiger partial charge in [-0.25, -0.2) is 4.79 Å². The molecule has 3 rings (SSSR count). The van der Waals surface area contributed by atoms with E-state index < -0.39 is 5.97 Å². The van der Waals surface area contributed by atoms with E-state index in [-0.39, 0.29) is 18.4 Å². The highest BCUT2D eigenvalue weighted by atomic mass is 32.1. The molecule has 2 aromatic heterocycles. The Morgan fingerprint density at radius 2 is 2.12 bits per heavy atom. The maximum atomic E-state index is 12.5. The van der Waals surface area contributed by atoms with Crippen LogP contribution in [0, 0.1) is 6.92 Å². The number of rotatable bonds is 4. The van der Waals surface area contributed by atoms with E-state index in [1.54, 1.807) is 18.7 Å². The highest BCUT2D eigenvalue weighted by Gasteiger charge is 2.30. The summed E-state index contributed by atoms with van der Waals surface area (Å²) in [5.74, 6) is -0.834. The van der Waals surface area contributed by atoms with Crippen LogP contribution >= 0.6 is 22.9 Å². The van der Waals surface area contributed by atoms with Crippen LogP contribution < -0.4 is 5.32 Å². The molecule has 0 spiro atoms. The predicted molar refractivity (Wildman–Crippen MR) is 97.7 cm³/mol. The fraction of sp³-hybridized carbons (Fsp3) is 0.438. The standard InChI is InChI=1S/C16H18N4O4S2/c1-4-24-16(23)12-10-5-6-20(9(3)21)7-11(10)25-15(12)17-14(22)13-8(2)18-19-26-13/h4-7H2,1-3H3,(H,17,22). The predicted octanol–water partition coefficient (Wildman–Crippen LogP) is 2.24. The summed E-state index contributed by atoms with van der Waals surface area (Å²) >= 11 is 2.31. The van der Waals surface area contributed by atoms with Crippen molar-refractivity contribution in [2.45, 2.75) is 33.7 Å². The lowest BCUT2D eigenvalue weighted by atomic mass is 10.0. The smallest absolute Gasteiger partial charge is 0.341 e. The molecule has 1 aliphatic heterocycles. The number of ether oxygens (including phenoxy) is 1. The topological polar surface area (TPSA) is 101 Å². The van der Waals surface area contributed by atoms with Crippen LogP contribution in [0.25, 0.3) is 0 Å². The first kappa shape index (κ1) is 18.5. The van der Waals surface area contributed by atoms with Crippen molar-refractivity contribution < 1.29 is 19.1 Å². The maximum Gasteiger partial charge on any atom is 0.341 e. The molecule has 3 heterocycles. The minimum Gasteiger partial charge on any atom is -0.462 e. The normalized spacial score (nSPS) is 13.3. The van der Waals surface area contributed by atoms with Gasteiger partial charge in [0.15, 0.2) is 0 Å². The lowest BCUT2D eigenvalue weighted by molar-refractivity contribution is -0.129. The van der Waals surface area contributed by atoms with Gasteiger partial charge in [-0.2, -0.15) is 0 Å². The lowest BCUT2D eigenvalue weighted by Gasteiger charge is -2.25. The zero-order chi connectivity index (χ0) is 18.8. The van der Waals surface area contributed by atoms with Crippen LogP contribution in [-0.4, -0.2) is 45.4 Å². The number of fused-ring (bicyclic) bond motifs is 1. The monoisotopic (exact) mass is 394 g/mol. The molecule has 0 unspecified atom stereocenters. The van der Waals surface area contributed by atoms with E-state index in [0.717, 1.165) is 22.0 Å². The molecule has 0 bridgehead atoms. The molecule has 26 heavy (non-hydrogen) atoms. The minimum absolute atomic E-state index is 0.0151. The van der Waals surface area contributed by atoms with Crippen molar-refractivity contribution in [1.82, 2.24) is 14.5 Å². The summed E-state index contributed by atoms with van der Waals surface area (Å²) in [7, 11) is 0. The zero-order valence-electron chi connectivity index (χ0n) is 14.6. The van der Waals surface area contributed by atoms with E-state index >= 15 is 0 Å². The molecule has 0 saturated heterocycles. The summed E-state index contributed by atoms with van der Waals surface area (Å²) < 4.78 is 8.94. The van der Waals surface area contributed by atoms with Gasteiger partial charge in [-0.15, -0.1) is 16.4 Å². The average molecular weight is 394 g/mol. The Morgan fingerprint density at radius 3 is 2.73 bits per heavy atom. The van der Waals surface area contributed by atoms with Crippen LogP contribution in [0.15, 0.2) is 0 Å². The molecule has 1 N–H and O–H groups in total. The summed E-state index contributed by atoms with van der Waals surface area (Å²) in [6, 6.07) is 0. The minimum atomic E-state index is -0.462. The Labute approximate surface area is 158 Å². The van der Waals surface area contributed by atoms with Crippen LogP contribution in [0.2, 0.25) is 0 Å². The van der Waals surface area contributed by atoms with Crippen LogP contribution in [0.3, 0.4) is 0 Å². The van der Waals surface area contributed by atoms with Crippen molar-refractivity contribution in [2.24, 2.45) is 0 Å². The number of anilines is 1. The third kappa shape index (κ3) is 3.47. The SMILES string of the molecule is CCOC(=O)c1c(NC(=O)c2snnc2C)sc2c1CCN(C(C)=O)C2. The molecule has 10 heteroatoms. The third-order valence-corrected chi connectivity index (χ3v) is 6.03. The maximum absolute atomic E-state index is 12.5. The molecule has 0 atom stereocenters. The van der Waals surface area contributed by atoms with Gasteiger partial charge >= 0.3 is 5.97 Å². The Hall–Kier alpha value is -2.33. The molecule has 2 aromatic rings. The second kappa shape index (κ2) is 7.50. The number of amides is 2. The van der Waals surface area contributed by atoms with Crippen LogP contribution in [0.4, 0.5) is 5.00 Å². The summed E-state index contributed by atoms with van der Waals surface area (Å²) in [5.41, 5.74) is 1.77. The third-order valence-electron chi connectivity index (χ3n) is 4.07. The summed E-state index contributed by atoms with van der Waals surface area (Å²) in [6.07, 6.45) is 0.552. The fourth-order valence-electron chi connectivity index (χ4n) is 2.78. The first-order valence-corrected chi connectivity index (χ1v) is 9.68. The molecule has 0 fully saturated rings. The summed E-state index contributed by atoms with van der Waals surface area (Å²) in [4.78, 5) is 39.7. The highest BCUT2D eigenvalue weighted by molar-refractivity contribution is 7.17. The van der Waals surface area contributed by atoms with E-state index in [4.69, 9.17) is 4.74 Å². The van der Waals surface area contributed by atoms with Crippen LogP contribution in [-0.2, 0) is 22.5 Å². The molecule has 1 aliphatic rings. The number of carbonyl (C=O) groups is 3. The summed E-state index contributed by atoms with van der Waals surface area (Å²) in [5, 5.41) is 7.08. The van der Waals surface area contributed by atoms with E-state index in [0.29, 0.717) is 40.6 Å². The number of thiophene rings is 1. The van der Waals surface area contributed by atoms with Crippen molar-refractivity contribution in [2.75, 3.05) is 18.5 Å². The second-order valence-electron chi connectivity index (χ2n) is 5.76. The quantitative estimate of drug-likeness (QED) is 0.798. The molecule has 8 nitrogen and oxygen atoms in total. The molecule has 0 aromatic carbocycles.